The fourth-order valence-electron chi connectivity index (χ4n) is 1.27. The fraction of sp³-hybridized carbons (Fsp3) is 0.111. The SMILES string of the molecule is CC(=O)c1cnc2c(F)cc(F)cn12. The molecule has 2 aromatic heterocycles. The first-order chi connectivity index (χ1) is 6.59. The van der Waals surface area contributed by atoms with Crippen molar-refractivity contribution in [3.8, 4) is 0 Å². The van der Waals surface area contributed by atoms with Gasteiger partial charge >= 0.3 is 0 Å². The van der Waals surface area contributed by atoms with E-state index in [-0.39, 0.29) is 17.1 Å². The molecule has 0 aliphatic heterocycles. The molecule has 0 radical (unpaired) electrons. The van der Waals surface area contributed by atoms with Crippen LogP contribution in [0.3, 0.4) is 0 Å². The zero-order chi connectivity index (χ0) is 10.3. The molecule has 0 spiro atoms. The number of hydrogen-bond donors (Lipinski definition) is 0. The molecule has 0 N–H and O–H groups in total. The van der Waals surface area contributed by atoms with Gasteiger partial charge in [-0.1, -0.05) is 0 Å². The number of imidazole rings is 1. The first-order valence-electron chi connectivity index (χ1n) is 3.92. The van der Waals surface area contributed by atoms with Gasteiger partial charge in [0.05, 0.1) is 6.20 Å². The maximum absolute atomic E-state index is 13.1. The Kier molecular flexibility index (Phi) is 1.80. The number of rotatable bonds is 1. The number of carbonyl (C=O) groups excluding carboxylic acids is 1. The Hall–Kier alpha value is -1.78. The largest absolute Gasteiger partial charge is 0.293 e. The topological polar surface area (TPSA) is 34.4 Å². The summed E-state index contributed by atoms with van der Waals surface area (Å²) in [7, 11) is 0. The minimum Gasteiger partial charge on any atom is -0.293 e. The maximum atomic E-state index is 13.1. The minimum atomic E-state index is -0.780. The normalized spacial score (nSPS) is 10.8. The van der Waals surface area contributed by atoms with Crippen molar-refractivity contribution in [3.63, 3.8) is 0 Å². The van der Waals surface area contributed by atoms with Crippen LogP contribution < -0.4 is 0 Å². The van der Waals surface area contributed by atoms with Crippen molar-refractivity contribution < 1.29 is 13.6 Å². The number of Topliss-reactive ketones (excluding diaryl/α,β-unsaturated/α-hetero) is 1. The van der Waals surface area contributed by atoms with Gasteiger partial charge in [0.2, 0.25) is 0 Å². The van der Waals surface area contributed by atoms with E-state index in [1.807, 2.05) is 0 Å². The minimum absolute atomic E-state index is 0.0448. The van der Waals surface area contributed by atoms with Crippen LogP contribution in [-0.4, -0.2) is 15.2 Å². The lowest BCUT2D eigenvalue weighted by molar-refractivity contribution is 0.101. The van der Waals surface area contributed by atoms with Crippen LogP contribution in [0.15, 0.2) is 18.5 Å². The number of ketones is 1. The van der Waals surface area contributed by atoms with E-state index < -0.39 is 11.6 Å². The molecule has 0 unspecified atom stereocenters. The molecule has 0 saturated heterocycles. The second-order valence-electron chi connectivity index (χ2n) is 2.90. The van der Waals surface area contributed by atoms with Gasteiger partial charge in [-0.15, -0.1) is 0 Å². The first kappa shape index (κ1) is 8.80. The molecule has 14 heavy (non-hydrogen) atoms. The Labute approximate surface area is 78.0 Å². The van der Waals surface area contributed by atoms with Crippen LogP contribution in [0.5, 0.6) is 0 Å². The van der Waals surface area contributed by atoms with E-state index in [1.165, 1.54) is 13.1 Å². The molecule has 2 aromatic rings. The number of carbonyl (C=O) groups is 1. The van der Waals surface area contributed by atoms with E-state index >= 15 is 0 Å². The molecule has 3 nitrogen and oxygen atoms in total. The second kappa shape index (κ2) is 2.87. The van der Waals surface area contributed by atoms with Gasteiger partial charge < -0.3 is 0 Å². The predicted octanol–water partition coefficient (Wildman–Crippen LogP) is 1.82. The first-order valence-corrected chi connectivity index (χ1v) is 3.92. The Balaban J connectivity index is 2.85. The van der Waals surface area contributed by atoms with Crippen LogP contribution in [0.25, 0.3) is 5.65 Å². The highest BCUT2D eigenvalue weighted by atomic mass is 19.1. The molecule has 0 saturated carbocycles. The third-order valence-electron chi connectivity index (χ3n) is 1.89. The summed E-state index contributed by atoms with van der Waals surface area (Å²) in [6.45, 7) is 1.31. The van der Waals surface area contributed by atoms with Crippen LogP contribution in [0.2, 0.25) is 0 Å². The number of halogens is 2. The second-order valence-corrected chi connectivity index (χ2v) is 2.90. The van der Waals surface area contributed by atoms with Crippen molar-refractivity contribution in [2.75, 3.05) is 0 Å². The average Bonchev–Trinajstić information content (AvgIpc) is 2.47. The summed E-state index contributed by atoms with van der Waals surface area (Å²) in [6.07, 6.45) is 2.25. The van der Waals surface area contributed by atoms with Gasteiger partial charge in [-0.2, -0.15) is 0 Å². The van der Waals surface area contributed by atoms with Crippen molar-refractivity contribution in [1.29, 1.82) is 0 Å². The number of nitrogens with zero attached hydrogens (tertiary/aromatic N) is 2. The van der Waals surface area contributed by atoms with Crippen LogP contribution in [0.1, 0.15) is 17.4 Å². The number of fused-ring (bicyclic) bond motifs is 1. The monoisotopic (exact) mass is 196 g/mol. The number of hydrogen-bond acceptors (Lipinski definition) is 2. The molecule has 72 valence electrons. The van der Waals surface area contributed by atoms with Crippen molar-refractivity contribution >= 4 is 11.4 Å². The molecule has 0 fully saturated rings. The van der Waals surface area contributed by atoms with Gasteiger partial charge in [-0.05, 0) is 0 Å². The molecule has 5 heteroatoms. The van der Waals surface area contributed by atoms with Crippen LogP contribution in [-0.2, 0) is 0 Å². The predicted molar refractivity (Wildman–Crippen MR) is 45.1 cm³/mol. The molecule has 0 aliphatic rings. The summed E-state index contributed by atoms with van der Waals surface area (Å²) < 4.78 is 27.0. The summed E-state index contributed by atoms with van der Waals surface area (Å²) in [5.74, 6) is -1.81. The zero-order valence-corrected chi connectivity index (χ0v) is 7.29. The lowest BCUT2D eigenvalue weighted by Crippen LogP contribution is -2.00. The highest BCUT2D eigenvalue weighted by Gasteiger charge is 2.11. The van der Waals surface area contributed by atoms with Gasteiger partial charge in [-0.3, -0.25) is 9.20 Å². The van der Waals surface area contributed by atoms with E-state index in [0.29, 0.717) is 0 Å². The summed E-state index contributed by atoms with van der Waals surface area (Å²) in [5, 5.41) is 0. The lowest BCUT2D eigenvalue weighted by atomic mass is 10.3. The molecule has 0 amide bonds. The lowest BCUT2D eigenvalue weighted by Gasteiger charge is -1.98. The van der Waals surface area contributed by atoms with Gasteiger partial charge in [-0.25, -0.2) is 13.8 Å². The average molecular weight is 196 g/mol. The third-order valence-corrected chi connectivity index (χ3v) is 1.89. The standard InChI is InChI=1S/C9H6F2N2O/c1-5(14)8-3-12-9-7(11)2-6(10)4-13(8)9/h2-4H,1H3. The van der Waals surface area contributed by atoms with E-state index in [4.69, 9.17) is 0 Å². The van der Waals surface area contributed by atoms with Crippen LogP contribution in [0, 0.1) is 11.6 Å². The van der Waals surface area contributed by atoms with Gasteiger partial charge in [0, 0.05) is 19.2 Å². The molecule has 2 heterocycles. The summed E-state index contributed by atoms with van der Waals surface area (Å²) >= 11 is 0. The molecule has 0 aliphatic carbocycles. The van der Waals surface area contributed by atoms with Crippen LogP contribution in [0.4, 0.5) is 8.78 Å². The third kappa shape index (κ3) is 1.17. The van der Waals surface area contributed by atoms with Crippen molar-refractivity contribution in [1.82, 2.24) is 9.38 Å². The fourth-order valence-corrected chi connectivity index (χ4v) is 1.27. The number of aromatic nitrogens is 2. The number of pyridine rings is 1. The van der Waals surface area contributed by atoms with E-state index in [9.17, 15) is 13.6 Å². The Bertz CT molecular complexity index is 519. The van der Waals surface area contributed by atoms with E-state index in [0.717, 1.165) is 16.7 Å². The van der Waals surface area contributed by atoms with Crippen molar-refractivity contribution in [2.45, 2.75) is 6.92 Å². The van der Waals surface area contributed by atoms with Crippen molar-refractivity contribution in [3.05, 3.63) is 35.8 Å². The van der Waals surface area contributed by atoms with Crippen LogP contribution >= 0.6 is 0 Å². The maximum Gasteiger partial charge on any atom is 0.178 e. The van der Waals surface area contributed by atoms with Crippen molar-refractivity contribution in [2.24, 2.45) is 0 Å². The molecule has 0 bridgehead atoms. The Morgan fingerprint density at radius 2 is 2.21 bits per heavy atom. The Morgan fingerprint density at radius 1 is 1.50 bits per heavy atom. The molecular formula is C9H6F2N2O. The van der Waals surface area contributed by atoms with Gasteiger partial charge in [0.1, 0.15) is 11.5 Å². The molecule has 0 aromatic carbocycles. The Morgan fingerprint density at radius 3 is 2.86 bits per heavy atom. The van der Waals surface area contributed by atoms with Gasteiger partial charge in [0.15, 0.2) is 17.2 Å². The quantitative estimate of drug-likeness (QED) is 0.652. The summed E-state index contributed by atoms with van der Waals surface area (Å²) in [5.41, 5.74) is 0.120. The molecule has 0 atom stereocenters. The zero-order valence-electron chi connectivity index (χ0n) is 7.29. The highest BCUT2D eigenvalue weighted by Crippen LogP contribution is 2.12. The van der Waals surface area contributed by atoms with E-state index in [2.05, 4.69) is 4.98 Å². The highest BCUT2D eigenvalue weighted by molar-refractivity contribution is 5.93. The molecular weight excluding hydrogens is 190 g/mol. The molecule has 2 rings (SSSR count). The summed E-state index contributed by atoms with van der Waals surface area (Å²) in [6, 6.07) is 0.728. The van der Waals surface area contributed by atoms with Gasteiger partial charge in [0.25, 0.3) is 0 Å². The smallest absolute Gasteiger partial charge is 0.178 e. The van der Waals surface area contributed by atoms with E-state index in [1.54, 1.807) is 0 Å². The summed E-state index contributed by atoms with van der Waals surface area (Å²) in [4.78, 5) is 14.7.